The van der Waals surface area contributed by atoms with Crippen LogP contribution in [0, 0.1) is 5.82 Å². The normalized spacial score (nSPS) is 18.8. The van der Waals surface area contributed by atoms with Gasteiger partial charge in [0.1, 0.15) is 23.5 Å². The number of halogens is 1. The van der Waals surface area contributed by atoms with Gasteiger partial charge in [-0.2, -0.15) is 0 Å². The van der Waals surface area contributed by atoms with Crippen molar-refractivity contribution in [2.75, 3.05) is 62.4 Å². The summed E-state index contributed by atoms with van der Waals surface area (Å²) in [7, 11) is -1.92. The van der Waals surface area contributed by atoms with Crippen LogP contribution in [-0.2, 0) is 25.0 Å². The molecular weight excluding hydrogens is 575 g/mol. The van der Waals surface area contributed by atoms with Crippen LogP contribution in [0.5, 0.6) is 5.88 Å². The molecule has 0 bridgehead atoms. The van der Waals surface area contributed by atoms with Crippen LogP contribution < -0.4 is 19.7 Å². The number of pyridine rings is 2. The van der Waals surface area contributed by atoms with Crippen LogP contribution in [0.15, 0.2) is 30.6 Å². The van der Waals surface area contributed by atoms with E-state index in [0.717, 1.165) is 43.6 Å². The summed E-state index contributed by atoms with van der Waals surface area (Å²) in [5.41, 5.74) is 1.98. The molecule has 0 aliphatic carbocycles. The van der Waals surface area contributed by atoms with E-state index in [1.54, 1.807) is 24.2 Å². The Morgan fingerprint density at radius 3 is 2.60 bits per heavy atom. The molecule has 1 amide bonds. The predicted molar refractivity (Wildman–Crippen MR) is 163 cm³/mol. The number of nitrogens with one attached hydrogen (secondary N) is 2. The minimum absolute atomic E-state index is 0.0146. The third-order valence-corrected chi connectivity index (χ3v) is 9.09. The van der Waals surface area contributed by atoms with Crippen molar-refractivity contribution < 1.29 is 27.1 Å². The van der Waals surface area contributed by atoms with E-state index in [4.69, 9.17) is 9.47 Å². The molecule has 3 aliphatic heterocycles. The van der Waals surface area contributed by atoms with Gasteiger partial charge in [0.15, 0.2) is 0 Å². The number of carbonyl (C=O) groups excluding carboxylic acids is 1. The second-order valence-corrected chi connectivity index (χ2v) is 13.7. The number of rotatable bonds is 9. The maximum atomic E-state index is 15.7. The lowest BCUT2D eigenvalue weighted by Crippen LogP contribution is -2.66. The van der Waals surface area contributed by atoms with Crippen molar-refractivity contribution in [3.8, 4) is 17.0 Å². The topological polar surface area (TPSA) is 126 Å². The van der Waals surface area contributed by atoms with Gasteiger partial charge in [0, 0.05) is 86.3 Å². The third-order valence-electron chi connectivity index (χ3n) is 8.49. The number of likely N-dealkylation sites (tertiary alicyclic amines) is 1. The van der Waals surface area contributed by atoms with Gasteiger partial charge in [-0.3, -0.25) is 19.4 Å². The van der Waals surface area contributed by atoms with E-state index >= 15 is 4.39 Å². The van der Waals surface area contributed by atoms with Gasteiger partial charge in [-0.1, -0.05) is 13.8 Å². The largest absolute Gasteiger partial charge is 0.475 e. The summed E-state index contributed by atoms with van der Waals surface area (Å²) in [6, 6.07) is 5.22. The molecule has 43 heavy (non-hydrogen) atoms. The second-order valence-electron chi connectivity index (χ2n) is 12.0. The Kier molecular flexibility index (Phi) is 7.78. The highest BCUT2D eigenvalue weighted by Gasteiger charge is 2.59. The lowest BCUT2D eigenvalue weighted by Gasteiger charge is -2.51. The Balaban J connectivity index is 1.39. The molecule has 5 heterocycles. The highest BCUT2D eigenvalue weighted by atomic mass is 32.2. The van der Waals surface area contributed by atoms with Gasteiger partial charge in [0.05, 0.1) is 23.7 Å². The number of likely N-dealkylation sites (N-methyl/N-ethyl adjacent to an activating group) is 1. The van der Waals surface area contributed by atoms with Crippen LogP contribution in [0.2, 0.25) is 0 Å². The minimum Gasteiger partial charge on any atom is -0.475 e. The molecule has 0 radical (unpaired) electrons. The second kappa shape index (κ2) is 11.3. The van der Waals surface area contributed by atoms with Crippen molar-refractivity contribution in [1.29, 1.82) is 0 Å². The number of sulfonamides is 1. The Bertz CT molecular complexity index is 1670. The Morgan fingerprint density at radius 2 is 1.91 bits per heavy atom. The van der Waals surface area contributed by atoms with E-state index in [9.17, 15) is 13.2 Å². The molecule has 1 aromatic carbocycles. The summed E-state index contributed by atoms with van der Waals surface area (Å²) in [6.45, 7) is 7.43. The van der Waals surface area contributed by atoms with Gasteiger partial charge in [-0.05, 0) is 25.0 Å². The van der Waals surface area contributed by atoms with Crippen LogP contribution in [-0.4, -0.2) is 94.0 Å². The fourth-order valence-corrected chi connectivity index (χ4v) is 7.00. The molecule has 0 saturated carbocycles. The summed E-state index contributed by atoms with van der Waals surface area (Å²) in [5, 5.41) is 3.92. The number of amides is 1. The molecule has 3 aromatic rings. The van der Waals surface area contributed by atoms with E-state index in [1.165, 1.54) is 18.3 Å². The van der Waals surface area contributed by atoms with Crippen molar-refractivity contribution in [2.24, 2.45) is 0 Å². The number of hydrogen-bond donors (Lipinski definition) is 2. The summed E-state index contributed by atoms with van der Waals surface area (Å²) >= 11 is 0. The molecule has 6 rings (SSSR count). The number of hydrogen-bond acceptors (Lipinski definition) is 9. The molecular formula is C30H37FN6O5S. The van der Waals surface area contributed by atoms with Gasteiger partial charge in [0.25, 0.3) is 0 Å². The Morgan fingerprint density at radius 1 is 1.16 bits per heavy atom. The van der Waals surface area contributed by atoms with Crippen molar-refractivity contribution in [3.63, 3.8) is 0 Å². The molecule has 1 spiro atoms. The summed E-state index contributed by atoms with van der Waals surface area (Å²) < 4.78 is 53.7. The average Bonchev–Trinajstić information content (AvgIpc) is 3.16. The maximum Gasteiger partial charge on any atom is 0.240 e. The van der Waals surface area contributed by atoms with Crippen LogP contribution in [0.25, 0.3) is 22.0 Å². The molecule has 230 valence electrons. The quantitative estimate of drug-likeness (QED) is 0.351. The highest BCUT2D eigenvalue weighted by molar-refractivity contribution is 7.92. The van der Waals surface area contributed by atoms with Gasteiger partial charge in [-0.15, -0.1) is 0 Å². The predicted octanol–water partition coefficient (Wildman–Crippen LogP) is 2.89. The van der Waals surface area contributed by atoms with E-state index in [-0.39, 0.29) is 35.7 Å². The van der Waals surface area contributed by atoms with E-state index in [2.05, 4.69) is 24.9 Å². The van der Waals surface area contributed by atoms with Crippen molar-refractivity contribution in [1.82, 2.24) is 20.2 Å². The molecule has 3 aliphatic rings. The first kappa shape index (κ1) is 29.7. The van der Waals surface area contributed by atoms with Crippen molar-refractivity contribution >= 4 is 38.2 Å². The lowest BCUT2D eigenvalue weighted by molar-refractivity contribution is -0.131. The Labute approximate surface area is 250 Å². The zero-order chi connectivity index (χ0) is 30.5. The Hall–Kier alpha value is -3.39. The molecule has 2 N–H and O–H groups in total. The van der Waals surface area contributed by atoms with Gasteiger partial charge >= 0.3 is 0 Å². The molecule has 0 unspecified atom stereocenters. The first-order valence-corrected chi connectivity index (χ1v) is 16.4. The molecule has 2 aromatic heterocycles. The smallest absolute Gasteiger partial charge is 0.240 e. The number of aromatic nitrogens is 2. The molecule has 2 saturated heterocycles. The van der Waals surface area contributed by atoms with Gasteiger partial charge in [-0.25, -0.2) is 17.8 Å². The minimum atomic E-state index is -3.68. The summed E-state index contributed by atoms with van der Waals surface area (Å²) in [5.74, 6) is -0.427. The van der Waals surface area contributed by atoms with Crippen LogP contribution in [0.1, 0.15) is 32.3 Å². The number of carbonyl (C=O) groups is 1. The van der Waals surface area contributed by atoms with Crippen molar-refractivity contribution in [2.45, 2.75) is 44.2 Å². The molecule has 0 atom stereocenters. The zero-order valence-electron chi connectivity index (χ0n) is 24.8. The lowest BCUT2D eigenvalue weighted by atomic mass is 9.72. The first-order valence-electron chi connectivity index (χ1n) is 14.5. The number of fused-ring (bicyclic) bond motifs is 4. The van der Waals surface area contributed by atoms with Crippen LogP contribution >= 0.6 is 0 Å². The average molecular weight is 613 g/mol. The monoisotopic (exact) mass is 612 g/mol. The highest BCUT2D eigenvalue weighted by Crippen LogP contribution is 2.51. The third kappa shape index (κ3) is 5.54. The maximum absolute atomic E-state index is 15.7. The SMILES string of the molecule is CC(C)NCCOc1ncc(-c2cc3c4c(cnc3cc2F)N(C)C(=O)C42CN(C3CCOCC3)C2)cc1NS(C)(=O)=O. The number of nitrogens with zero attached hydrogens (tertiary/aromatic N) is 4. The van der Waals surface area contributed by atoms with Crippen molar-refractivity contribution in [3.05, 3.63) is 42.0 Å². The molecule has 11 nitrogen and oxygen atoms in total. The first-order chi connectivity index (χ1) is 20.5. The molecule has 13 heteroatoms. The number of ether oxygens (including phenoxy) is 2. The summed E-state index contributed by atoms with van der Waals surface area (Å²) in [4.78, 5) is 26.6. The number of benzene rings is 1. The van der Waals surface area contributed by atoms with Gasteiger partial charge in [0.2, 0.25) is 21.8 Å². The fourth-order valence-electron chi connectivity index (χ4n) is 6.45. The zero-order valence-corrected chi connectivity index (χ0v) is 25.6. The van der Waals surface area contributed by atoms with E-state index in [1.807, 2.05) is 13.8 Å². The van der Waals surface area contributed by atoms with Gasteiger partial charge < -0.3 is 19.7 Å². The fraction of sp³-hybridized carbons (Fsp3) is 0.500. The standard InChI is InChI=1S/C30H37FN6O5S/c1-18(2)32-7-10-42-28-25(35-43(4,39)40)11-19(14-34-28)21-12-22-24(13-23(21)31)33-15-26-27(22)30(29(38)36(26)3)16-37(17-30)20-5-8-41-9-6-20/h11-15,18,20,32,35H,5-10,16-17H2,1-4H3. The summed E-state index contributed by atoms with van der Waals surface area (Å²) in [6.07, 6.45) is 6.01. The van der Waals surface area contributed by atoms with Crippen LogP contribution in [0.3, 0.4) is 0 Å². The van der Waals surface area contributed by atoms with E-state index in [0.29, 0.717) is 42.1 Å². The van der Waals surface area contributed by atoms with E-state index < -0.39 is 21.3 Å². The van der Waals surface area contributed by atoms with Crippen LogP contribution in [0.4, 0.5) is 15.8 Å². The molecule has 2 fully saturated rings. The number of anilines is 2.